The number of alkyl halides is 2. The minimum Gasteiger partial charge on any atom is -0.348 e. The molecule has 1 aromatic heterocycles. The highest BCUT2D eigenvalue weighted by molar-refractivity contribution is 5.93. The number of rotatable bonds is 4. The van der Waals surface area contributed by atoms with E-state index in [0.29, 0.717) is 0 Å². The monoisotopic (exact) mass is 296 g/mol. The number of H-pyrrole nitrogens is 1. The van der Waals surface area contributed by atoms with Crippen LogP contribution in [0.1, 0.15) is 28.0 Å². The van der Waals surface area contributed by atoms with Crippen molar-refractivity contribution in [1.29, 1.82) is 0 Å². The molecule has 21 heavy (non-hydrogen) atoms. The number of benzene rings is 1. The van der Waals surface area contributed by atoms with E-state index in [1.54, 1.807) is 6.07 Å². The van der Waals surface area contributed by atoms with Crippen molar-refractivity contribution < 1.29 is 18.0 Å². The van der Waals surface area contributed by atoms with Crippen LogP contribution in [-0.4, -0.2) is 10.9 Å². The second kappa shape index (κ2) is 6.25. The first-order chi connectivity index (χ1) is 9.99. The topological polar surface area (TPSA) is 62.0 Å². The number of nitrogens with one attached hydrogen (secondary N) is 2. The van der Waals surface area contributed by atoms with E-state index in [-0.39, 0.29) is 17.7 Å². The quantitative estimate of drug-likeness (QED) is 0.910. The number of carbonyl (C=O) groups excluding carboxylic acids is 1. The van der Waals surface area contributed by atoms with E-state index in [4.69, 9.17) is 0 Å². The first-order valence-electron chi connectivity index (χ1n) is 6.02. The lowest BCUT2D eigenvalue weighted by Crippen LogP contribution is -2.29. The molecule has 0 unspecified atom stereocenters. The highest BCUT2D eigenvalue weighted by Gasteiger charge is 2.14. The second-order valence-corrected chi connectivity index (χ2v) is 4.23. The molecule has 2 rings (SSSR count). The van der Waals surface area contributed by atoms with Crippen molar-refractivity contribution in [3.8, 4) is 0 Å². The Morgan fingerprint density at radius 2 is 1.90 bits per heavy atom. The lowest BCUT2D eigenvalue weighted by molar-refractivity contribution is 0.0948. The molecule has 1 amide bonds. The lowest BCUT2D eigenvalue weighted by Gasteiger charge is -2.06. The van der Waals surface area contributed by atoms with Gasteiger partial charge >= 0.3 is 0 Å². The van der Waals surface area contributed by atoms with Gasteiger partial charge in [0.2, 0.25) is 0 Å². The highest BCUT2D eigenvalue weighted by atomic mass is 19.3. The summed E-state index contributed by atoms with van der Waals surface area (Å²) in [6.07, 6.45) is -2.83. The predicted octanol–water partition coefficient (Wildman–Crippen LogP) is 2.38. The number of hydrogen-bond acceptors (Lipinski definition) is 2. The van der Waals surface area contributed by atoms with Crippen molar-refractivity contribution in [3.05, 3.63) is 69.4 Å². The number of pyridine rings is 1. The van der Waals surface area contributed by atoms with Gasteiger partial charge in [-0.15, -0.1) is 0 Å². The molecule has 1 heterocycles. The number of halogens is 3. The fourth-order valence-corrected chi connectivity index (χ4v) is 1.71. The Balaban J connectivity index is 2.11. The molecule has 4 nitrogen and oxygen atoms in total. The van der Waals surface area contributed by atoms with Crippen molar-refractivity contribution in [2.24, 2.45) is 0 Å². The molecule has 0 fully saturated rings. The fourth-order valence-electron chi connectivity index (χ4n) is 1.71. The summed E-state index contributed by atoms with van der Waals surface area (Å²) in [6, 6.07) is 7.82. The average Bonchev–Trinajstić information content (AvgIpc) is 2.46. The van der Waals surface area contributed by atoms with Crippen LogP contribution in [0.4, 0.5) is 13.2 Å². The number of aromatic amines is 1. The van der Waals surface area contributed by atoms with Crippen LogP contribution in [0.15, 0.2) is 41.2 Å². The van der Waals surface area contributed by atoms with Gasteiger partial charge < -0.3 is 10.3 Å². The molecule has 0 aliphatic rings. The standard InChI is InChI=1S/C14H11F3N2O2/c15-10-4-2-1-3-8(10)7-18-13(20)9-5-6-11(12(16)17)19-14(9)21/h1-6,12H,7H2,(H,18,20)(H,19,21). The van der Waals surface area contributed by atoms with Gasteiger partial charge in [-0.05, 0) is 18.2 Å². The maximum Gasteiger partial charge on any atom is 0.278 e. The molecule has 0 saturated carbocycles. The van der Waals surface area contributed by atoms with E-state index in [1.165, 1.54) is 18.2 Å². The smallest absolute Gasteiger partial charge is 0.278 e. The largest absolute Gasteiger partial charge is 0.348 e. The molecule has 0 aliphatic heterocycles. The maximum atomic E-state index is 13.4. The van der Waals surface area contributed by atoms with Crippen LogP contribution in [-0.2, 0) is 6.54 Å². The van der Waals surface area contributed by atoms with Crippen LogP contribution in [0.5, 0.6) is 0 Å². The van der Waals surface area contributed by atoms with Crippen molar-refractivity contribution in [1.82, 2.24) is 10.3 Å². The third-order valence-corrected chi connectivity index (χ3v) is 2.81. The van der Waals surface area contributed by atoms with Gasteiger partial charge in [0.1, 0.15) is 11.4 Å². The van der Waals surface area contributed by atoms with E-state index in [0.717, 1.165) is 12.1 Å². The zero-order valence-electron chi connectivity index (χ0n) is 10.7. The van der Waals surface area contributed by atoms with Crippen molar-refractivity contribution in [2.75, 3.05) is 0 Å². The normalized spacial score (nSPS) is 10.7. The Labute approximate surface area is 117 Å². The lowest BCUT2D eigenvalue weighted by atomic mass is 10.2. The second-order valence-electron chi connectivity index (χ2n) is 4.23. The zero-order valence-corrected chi connectivity index (χ0v) is 10.7. The van der Waals surface area contributed by atoms with Gasteiger partial charge in [0.05, 0.1) is 5.69 Å². The van der Waals surface area contributed by atoms with Gasteiger partial charge in [0.25, 0.3) is 17.9 Å². The van der Waals surface area contributed by atoms with Crippen LogP contribution in [0.2, 0.25) is 0 Å². The van der Waals surface area contributed by atoms with Crippen molar-refractivity contribution in [3.63, 3.8) is 0 Å². The number of aromatic nitrogens is 1. The number of carbonyl (C=O) groups is 1. The molecule has 0 bridgehead atoms. The van der Waals surface area contributed by atoms with Crippen LogP contribution in [0, 0.1) is 5.82 Å². The van der Waals surface area contributed by atoms with Crippen LogP contribution >= 0.6 is 0 Å². The summed E-state index contributed by atoms with van der Waals surface area (Å²) in [7, 11) is 0. The summed E-state index contributed by atoms with van der Waals surface area (Å²) >= 11 is 0. The van der Waals surface area contributed by atoms with E-state index in [9.17, 15) is 22.8 Å². The SMILES string of the molecule is O=C(NCc1ccccc1F)c1ccc(C(F)F)[nH]c1=O. The van der Waals surface area contributed by atoms with Gasteiger partial charge in [-0.25, -0.2) is 13.2 Å². The Morgan fingerprint density at radius 1 is 1.19 bits per heavy atom. The van der Waals surface area contributed by atoms with Gasteiger partial charge in [0.15, 0.2) is 0 Å². The summed E-state index contributed by atoms with van der Waals surface area (Å²) in [4.78, 5) is 25.3. The molecule has 2 N–H and O–H groups in total. The molecule has 0 radical (unpaired) electrons. The zero-order chi connectivity index (χ0) is 15.4. The van der Waals surface area contributed by atoms with E-state index in [2.05, 4.69) is 5.32 Å². The van der Waals surface area contributed by atoms with Gasteiger partial charge in [-0.2, -0.15) is 0 Å². The Bertz CT molecular complexity index is 713. The Hall–Kier alpha value is -2.57. The highest BCUT2D eigenvalue weighted by Crippen LogP contribution is 2.14. The molecule has 110 valence electrons. The van der Waals surface area contributed by atoms with Gasteiger partial charge in [-0.1, -0.05) is 18.2 Å². The van der Waals surface area contributed by atoms with Crippen LogP contribution in [0.3, 0.4) is 0 Å². The molecule has 0 saturated heterocycles. The molecule has 0 atom stereocenters. The van der Waals surface area contributed by atoms with E-state index in [1.807, 2.05) is 4.98 Å². The summed E-state index contributed by atoms with van der Waals surface area (Å²) < 4.78 is 38.1. The fraction of sp³-hybridized carbons (Fsp3) is 0.143. The van der Waals surface area contributed by atoms with Gasteiger partial charge in [0, 0.05) is 12.1 Å². The Morgan fingerprint density at radius 3 is 2.52 bits per heavy atom. The van der Waals surface area contributed by atoms with Gasteiger partial charge in [-0.3, -0.25) is 9.59 Å². The third-order valence-electron chi connectivity index (χ3n) is 2.81. The van der Waals surface area contributed by atoms with Crippen LogP contribution < -0.4 is 10.9 Å². The average molecular weight is 296 g/mol. The summed E-state index contributed by atoms with van der Waals surface area (Å²) in [5.41, 5.74) is -1.54. The number of hydrogen-bond donors (Lipinski definition) is 2. The molecule has 7 heteroatoms. The molecule has 1 aromatic carbocycles. The third kappa shape index (κ3) is 3.50. The molecular formula is C14H11F3N2O2. The summed E-state index contributed by atoms with van der Waals surface area (Å²) in [6.45, 7) is -0.110. The molecule has 0 aliphatic carbocycles. The first kappa shape index (κ1) is 14.8. The van der Waals surface area contributed by atoms with Crippen molar-refractivity contribution in [2.45, 2.75) is 13.0 Å². The molecule has 2 aromatic rings. The predicted molar refractivity (Wildman–Crippen MR) is 69.6 cm³/mol. The van der Waals surface area contributed by atoms with E-state index >= 15 is 0 Å². The van der Waals surface area contributed by atoms with Crippen LogP contribution in [0.25, 0.3) is 0 Å². The number of amides is 1. The summed E-state index contributed by atoms with van der Waals surface area (Å²) in [5.74, 6) is -1.25. The van der Waals surface area contributed by atoms with E-state index < -0.39 is 29.4 Å². The van der Waals surface area contributed by atoms with Crippen molar-refractivity contribution >= 4 is 5.91 Å². The first-order valence-corrected chi connectivity index (χ1v) is 6.02. The summed E-state index contributed by atoms with van der Waals surface area (Å²) in [5, 5.41) is 2.36. The molecular weight excluding hydrogens is 285 g/mol. The molecule has 0 spiro atoms. The maximum absolute atomic E-state index is 13.4. The minimum absolute atomic E-state index is 0.110. The Kier molecular flexibility index (Phi) is 4.42. The minimum atomic E-state index is -2.83.